The van der Waals surface area contributed by atoms with Crippen LogP contribution in [0.4, 0.5) is 10.1 Å². The van der Waals surface area contributed by atoms with E-state index in [1.165, 1.54) is 6.07 Å². The van der Waals surface area contributed by atoms with Gasteiger partial charge in [0.1, 0.15) is 5.82 Å². The van der Waals surface area contributed by atoms with Crippen LogP contribution in [-0.2, 0) is 4.79 Å². The van der Waals surface area contributed by atoms with E-state index in [2.05, 4.69) is 11.5 Å². The molecule has 1 aliphatic heterocycles. The third-order valence-electron chi connectivity index (χ3n) is 4.12. The number of hydrogen-bond donors (Lipinski definition) is 0. The number of nitrogens with zero attached hydrogens (tertiary/aromatic N) is 3. The Bertz CT molecular complexity index is 553. The monoisotopic (exact) mass is 319 g/mol. The highest BCUT2D eigenvalue weighted by Gasteiger charge is 2.22. The lowest BCUT2D eigenvalue weighted by molar-refractivity contribution is -0.131. The Morgan fingerprint density at radius 1 is 1.26 bits per heavy atom. The van der Waals surface area contributed by atoms with Crippen LogP contribution >= 0.6 is 0 Å². The predicted molar refractivity (Wildman–Crippen MR) is 92.1 cm³/mol. The van der Waals surface area contributed by atoms with E-state index in [0.717, 1.165) is 31.8 Å². The number of amides is 1. The summed E-state index contributed by atoms with van der Waals surface area (Å²) >= 11 is 0. The highest BCUT2D eigenvalue weighted by atomic mass is 19.1. The molecular weight excluding hydrogens is 293 g/mol. The van der Waals surface area contributed by atoms with Crippen LogP contribution < -0.4 is 4.90 Å². The molecule has 1 saturated heterocycles. The van der Waals surface area contributed by atoms with E-state index in [1.54, 1.807) is 6.07 Å². The molecule has 0 unspecified atom stereocenters. The van der Waals surface area contributed by atoms with Crippen LogP contribution in [-0.4, -0.2) is 61.5 Å². The van der Waals surface area contributed by atoms with Crippen LogP contribution in [0.2, 0.25) is 0 Å². The lowest BCUT2D eigenvalue weighted by Gasteiger charge is -2.36. The van der Waals surface area contributed by atoms with Crippen molar-refractivity contribution in [3.05, 3.63) is 42.2 Å². The van der Waals surface area contributed by atoms with Crippen LogP contribution in [0, 0.1) is 5.82 Å². The quantitative estimate of drug-likeness (QED) is 0.753. The molecule has 1 amide bonds. The van der Waals surface area contributed by atoms with Crippen LogP contribution in [0.25, 0.3) is 0 Å². The average molecular weight is 319 g/mol. The first kappa shape index (κ1) is 17.5. The smallest absolute Gasteiger partial charge is 0.237 e. The number of halogens is 1. The Kier molecular flexibility index (Phi) is 6.16. The zero-order valence-electron chi connectivity index (χ0n) is 14.1. The number of piperazine rings is 1. The first-order valence-corrected chi connectivity index (χ1v) is 8.15. The first-order valence-electron chi connectivity index (χ1n) is 8.15. The summed E-state index contributed by atoms with van der Waals surface area (Å²) < 4.78 is 13.8. The topological polar surface area (TPSA) is 26.8 Å². The SMILES string of the molecule is C=C(C)CN(CC)C(=O)CN1CCN(c2ccccc2F)CC1. The zero-order chi connectivity index (χ0) is 16.8. The van der Waals surface area contributed by atoms with Crippen molar-refractivity contribution in [3.8, 4) is 0 Å². The molecule has 0 N–H and O–H groups in total. The van der Waals surface area contributed by atoms with Crippen molar-refractivity contribution in [2.75, 3.05) is 50.7 Å². The molecule has 1 aromatic rings. The number of likely N-dealkylation sites (N-methyl/N-ethyl adjacent to an activating group) is 1. The number of carbonyl (C=O) groups excluding carboxylic acids is 1. The molecule has 2 rings (SSSR count). The minimum absolute atomic E-state index is 0.134. The van der Waals surface area contributed by atoms with Gasteiger partial charge in [-0.3, -0.25) is 9.69 Å². The normalized spacial score (nSPS) is 15.5. The molecule has 0 atom stereocenters. The molecule has 4 nitrogen and oxygen atoms in total. The van der Waals surface area contributed by atoms with Gasteiger partial charge >= 0.3 is 0 Å². The highest BCUT2D eigenvalue weighted by Crippen LogP contribution is 2.20. The maximum absolute atomic E-state index is 13.8. The van der Waals surface area contributed by atoms with Gasteiger partial charge in [-0.25, -0.2) is 4.39 Å². The number of anilines is 1. The molecule has 1 aliphatic rings. The van der Waals surface area contributed by atoms with Crippen molar-refractivity contribution in [2.24, 2.45) is 0 Å². The van der Waals surface area contributed by atoms with E-state index in [4.69, 9.17) is 0 Å². The van der Waals surface area contributed by atoms with Gasteiger partial charge in [-0.1, -0.05) is 24.3 Å². The molecule has 0 aliphatic carbocycles. The minimum Gasteiger partial charge on any atom is -0.367 e. The van der Waals surface area contributed by atoms with Crippen molar-refractivity contribution >= 4 is 11.6 Å². The van der Waals surface area contributed by atoms with Crippen LogP contribution in [0.15, 0.2) is 36.4 Å². The van der Waals surface area contributed by atoms with Gasteiger partial charge in [-0.05, 0) is 26.0 Å². The van der Waals surface area contributed by atoms with Gasteiger partial charge in [-0.2, -0.15) is 0 Å². The first-order chi connectivity index (χ1) is 11.0. The molecule has 0 spiro atoms. The van der Waals surface area contributed by atoms with Gasteiger partial charge in [0.2, 0.25) is 5.91 Å². The van der Waals surface area contributed by atoms with Crippen molar-refractivity contribution in [2.45, 2.75) is 13.8 Å². The van der Waals surface area contributed by atoms with Gasteiger partial charge in [-0.15, -0.1) is 0 Å². The molecule has 1 aromatic carbocycles. The summed E-state index contributed by atoms with van der Waals surface area (Å²) in [4.78, 5) is 18.4. The number of hydrogen-bond acceptors (Lipinski definition) is 3. The summed E-state index contributed by atoms with van der Waals surface area (Å²) in [5.41, 5.74) is 1.64. The number of para-hydroxylation sites is 1. The molecule has 1 fully saturated rings. The van der Waals surface area contributed by atoms with Gasteiger partial charge in [0.05, 0.1) is 12.2 Å². The van der Waals surface area contributed by atoms with E-state index >= 15 is 0 Å². The molecule has 126 valence electrons. The molecule has 23 heavy (non-hydrogen) atoms. The molecule has 0 saturated carbocycles. The van der Waals surface area contributed by atoms with Crippen LogP contribution in [0.3, 0.4) is 0 Å². The summed E-state index contributed by atoms with van der Waals surface area (Å²) in [7, 11) is 0. The van der Waals surface area contributed by atoms with Crippen LogP contribution in [0.1, 0.15) is 13.8 Å². The average Bonchev–Trinajstić information content (AvgIpc) is 2.53. The Balaban J connectivity index is 1.86. The fourth-order valence-electron chi connectivity index (χ4n) is 2.85. The van der Waals surface area contributed by atoms with Gasteiger partial charge in [0.25, 0.3) is 0 Å². The summed E-state index contributed by atoms with van der Waals surface area (Å²) in [6.45, 7) is 12.5. The Hall–Kier alpha value is -1.88. The molecular formula is C18H26FN3O. The maximum atomic E-state index is 13.8. The summed E-state index contributed by atoms with van der Waals surface area (Å²) in [6.07, 6.45) is 0. The van der Waals surface area contributed by atoms with Crippen molar-refractivity contribution < 1.29 is 9.18 Å². The predicted octanol–water partition coefficient (Wildman–Crippen LogP) is 2.37. The maximum Gasteiger partial charge on any atom is 0.237 e. The molecule has 0 radical (unpaired) electrons. The van der Waals surface area contributed by atoms with Gasteiger partial charge in [0, 0.05) is 39.3 Å². The second kappa shape index (κ2) is 8.11. The van der Waals surface area contributed by atoms with E-state index < -0.39 is 0 Å². The standard InChI is InChI=1S/C18H26FN3O/c1-4-21(13-15(2)3)18(23)14-20-9-11-22(12-10-20)17-8-6-5-7-16(17)19/h5-8H,2,4,9-14H2,1,3H3. The summed E-state index contributed by atoms with van der Waals surface area (Å²) in [5, 5.41) is 0. The fourth-order valence-corrected chi connectivity index (χ4v) is 2.85. The lowest BCUT2D eigenvalue weighted by Crippen LogP contribution is -2.50. The molecule has 0 aromatic heterocycles. The number of rotatable bonds is 6. The second-order valence-electron chi connectivity index (χ2n) is 6.08. The third kappa shape index (κ3) is 4.79. The zero-order valence-corrected chi connectivity index (χ0v) is 14.1. The lowest BCUT2D eigenvalue weighted by atomic mass is 10.2. The van der Waals surface area contributed by atoms with Crippen molar-refractivity contribution in [1.82, 2.24) is 9.80 Å². The fraction of sp³-hybridized carbons (Fsp3) is 0.500. The van der Waals surface area contributed by atoms with Gasteiger partial charge < -0.3 is 9.80 Å². The number of carbonyl (C=O) groups is 1. The van der Waals surface area contributed by atoms with Crippen LogP contribution in [0.5, 0.6) is 0 Å². The minimum atomic E-state index is -0.185. The van der Waals surface area contributed by atoms with E-state index in [9.17, 15) is 9.18 Å². The number of benzene rings is 1. The van der Waals surface area contributed by atoms with E-state index in [-0.39, 0.29) is 11.7 Å². The van der Waals surface area contributed by atoms with Crippen molar-refractivity contribution in [1.29, 1.82) is 0 Å². The van der Waals surface area contributed by atoms with Crippen molar-refractivity contribution in [3.63, 3.8) is 0 Å². The second-order valence-corrected chi connectivity index (χ2v) is 6.08. The third-order valence-corrected chi connectivity index (χ3v) is 4.12. The molecule has 0 bridgehead atoms. The largest absolute Gasteiger partial charge is 0.367 e. The summed E-state index contributed by atoms with van der Waals surface area (Å²) in [6, 6.07) is 6.85. The van der Waals surface area contributed by atoms with Gasteiger partial charge in [0.15, 0.2) is 0 Å². The Morgan fingerprint density at radius 2 is 1.91 bits per heavy atom. The molecule has 5 heteroatoms. The highest BCUT2D eigenvalue weighted by molar-refractivity contribution is 5.78. The Morgan fingerprint density at radius 3 is 2.48 bits per heavy atom. The molecule has 1 heterocycles. The summed E-state index contributed by atoms with van der Waals surface area (Å²) in [5.74, 6) is -0.0505. The van der Waals surface area contributed by atoms with E-state index in [1.807, 2.05) is 35.8 Å². The van der Waals surface area contributed by atoms with E-state index in [0.29, 0.717) is 25.3 Å². The Labute approximate surface area is 138 Å².